The average molecular weight is 257 g/mol. The second-order valence-corrected chi connectivity index (χ2v) is 4.59. The molecule has 1 fully saturated rings. The fourth-order valence-corrected chi connectivity index (χ4v) is 2.18. The number of hydrogen-bond acceptors (Lipinski definition) is 3. The summed E-state index contributed by atoms with van der Waals surface area (Å²) in [5, 5.41) is 2.64. The lowest BCUT2D eigenvalue weighted by atomic mass is 9.94. The Bertz CT molecular complexity index is 611. The molecule has 0 aliphatic heterocycles. The summed E-state index contributed by atoms with van der Waals surface area (Å²) in [4.78, 5) is 20.2. The average Bonchev–Trinajstić information content (AvgIpc) is 3.22. The molecule has 96 valence electrons. The zero-order valence-corrected chi connectivity index (χ0v) is 10.1. The number of aromatic nitrogens is 2. The Morgan fingerprint density at radius 2 is 1.84 bits per heavy atom. The maximum Gasteiger partial charge on any atom is 0.237 e. The van der Waals surface area contributed by atoms with Crippen LogP contribution in [0.25, 0.3) is 0 Å². The first kappa shape index (κ1) is 11.8. The summed E-state index contributed by atoms with van der Waals surface area (Å²) in [5.41, 5.74) is -0.312. The summed E-state index contributed by atoms with van der Waals surface area (Å²) in [6, 6.07) is 8.06. The summed E-state index contributed by atoms with van der Waals surface area (Å²) in [7, 11) is 0. The molecule has 0 radical (unpaired) electrons. The summed E-state index contributed by atoms with van der Waals surface area (Å²) >= 11 is 0. The number of halogens is 1. The molecule has 1 amide bonds. The lowest BCUT2D eigenvalue weighted by Crippen LogP contribution is -2.29. The van der Waals surface area contributed by atoms with E-state index in [9.17, 15) is 9.18 Å². The first-order valence-corrected chi connectivity index (χ1v) is 6.06. The maximum atomic E-state index is 13.8. The first-order chi connectivity index (χ1) is 9.22. The fraction of sp³-hybridized carbons (Fsp3) is 0.214. The zero-order valence-electron chi connectivity index (χ0n) is 10.1. The van der Waals surface area contributed by atoms with Gasteiger partial charge in [0, 0.05) is 18.0 Å². The molecule has 0 unspecified atom stereocenters. The zero-order chi connectivity index (χ0) is 13.3. The summed E-state index contributed by atoms with van der Waals surface area (Å²) < 4.78 is 13.8. The number of nitrogens with one attached hydrogen (secondary N) is 1. The van der Waals surface area contributed by atoms with Gasteiger partial charge < -0.3 is 0 Å². The van der Waals surface area contributed by atoms with Gasteiger partial charge in [-0.05, 0) is 25.0 Å². The molecular formula is C14H12FN3O. The quantitative estimate of drug-likeness (QED) is 0.917. The molecule has 4 nitrogen and oxygen atoms in total. The predicted octanol–water partition coefficient (Wildman–Crippen LogP) is 2.29. The van der Waals surface area contributed by atoms with Gasteiger partial charge in [0.15, 0.2) is 0 Å². The van der Waals surface area contributed by atoms with Crippen LogP contribution in [0.5, 0.6) is 0 Å². The summed E-state index contributed by atoms with van der Waals surface area (Å²) in [6.45, 7) is 0. The van der Waals surface area contributed by atoms with Gasteiger partial charge in [-0.15, -0.1) is 0 Å². The van der Waals surface area contributed by atoms with Crippen molar-refractivity contribution in [3.8, 4) is 0 Å². The molecule has 1 N–H and O–H groups in total. The Morgan fingerprint density at radius 1 is 1.16 bits per heavy atom. The van der Waals surface area contributed by atoms with Gasteiger partial charge in [0.1, 0.15) is 5.82 Å². The van der Waals surface area contributed by atoms with Crippen molar-refractivity contribution >= 4 is 11.9 Å². The van der Waals surface area contributed by atoms with Crippen LogP contribution in [-0.4, -0.2) is 15.9 Å². The molecule has 1 aliphatic carbocycles. The van der Waals surface area contributed by atoms with Gasteiger partial charge in [0.2, 0.25) is 11.9 Å². The number of hydrogen-bond donors (Lipinski definition) is 1. The van der Waals surface area contributed by atoms with Crippen molar-refractivity contribution in [1.82, 2.24) is 9.97 Å². The van der Waals surface area contributed by atoms with E-state index >= 15 is 0 Å². The molecule has 1 aromatic carbocycles. The van der Waals surface area contributed by atoms with E-state index in [1.807, 2.05) is 0 Å². The second-order valence-electron chi connectivity index (χ2n) is 4.59. The van der Waals surface area contributed by atoms with Crippen molar-refractivity contribution < 1.29 is 9.18 Å². The monoisotopic (exact) mass is 257 g/mol. The topological polar surface area (TPSA) is 54.9 Å². The third-order valence-electron chi connectivity index (χ3n) is 3.37. The highest BCUT2D eigenvalue weighted by molar-refractivity contribution is 6.00. The van der Waals surface area contributed by atoms with Crippen LogP contribution in [0.1, 0.15) is 18.4 Å². The number of carbonyl (C=O) groups excluding carboxylic acids is 1. The van der Waals surface area contributed by atoms with Crippen LogP contribution in [0.2, 0.25) is 0 Å². The normalized spacial score (nSPS) is 15.8. The Hall–Kier alpha value is -2.30. The molecule has 1 heterocycles. The predicted molar refractivity (Wildman–Crippen MR) is 68.0 cm³/mol. The van der Waals surface area contributed by atoms with Gasteiger partial charge in [-0.25, -0.2) is 14.4 Å². The molecular weight excluding hydrogens is 245 g/mol. The maximum absolute atomic E-state index is 13.8. The minimum atomic E-state index is -0.759. The molecule has 1 aromatic heterocycles. The van der Waals surface area contributed by atoms with Crippen LogP contribution in [0.15, 0.2) is 42.7 Å². The van der Waals surface area contributed by atoms with Crippen LogP contribution in [0.3, 0.4) is 0 Å². The molecule has 0 atom stereocenters. The van der Waals surface area contributed by atoms with Crippen LogP contribution < -0.4 is 5.32 Å². The molecule has 5 heteroatoms. The first-order valence-electron chi connectivity index (χ1n) is 6.06. The van der Waals surface area contributed by atoms with E-state index in [0.717, 1.165) is 0 Å². The number of nitrogens with zero attached hydrogens (tertiary/aromatic N) is 2. The standard InChI is InChI=1S/C14H12FN3O/c15-11-5-2-1-4-10(11)14(6-7-14)12(19)18-13-16-8-3-9-17-13/h1-5,8-9H,6-7H2,(H,16,17,18,19). The van der Waals surface area contributed by atoms with Crippen LogP contribution in [-0.2, 0) is 10.2 Å². The smallest absolute Gasteiger partial charge is 0.237 e. The second kappa shape index (κ2) is 4.42. The molecule has 2 aromatic rings. The van der Waals surface area contributed by atoms with Gasteiger partial charge in [-0.2, -0.15) is 0 Å². The number of amides is 1. The van der Waals surface area contributed by atoms with Gasteiger partial charge in [0.05, 0.1) is 5.41 Å². The molecule has 1 saturated carbocycles. The van der Waals surface area contributed by atoms with E-state index in [0.29, 0.717) is 18.4 Å². The van der Waals surface area contributed by atoms with Crippen molar-refractivity contribution in [2.24, 2.45) is 0 Å². The minimum absolute atomic E-state index is 0.245. The molecule has 0 bridgehead atoms. The third kappa shape index (κ3) is 2.07. The fourth-order valence-electron chi connectivity index (χ4n) is 2.18. The van der Waals surface area contributed by atoms with E-state index in [1.54, 1.807) is 36.7 Å². The molecule has 0 spiro atoms. The molecule has 0 saturated heterocycles. The van der Waals surface area contributed by atoms with Crippen LogP contribution >= 0.6 is 0 Å². The SMILES string of the molecule is O=C(Nc1ncccn1)C1(c2ccccc2F)CC1. The third-order valence-corrected chi connectivity index (χ3v) is 3.37. The highest BCUT2D eigenvalue weighted by Gasteiger charge is 2.52. The van der Waals surface area contributed by atoms with E-state index in [4.69, 9.17) is 0 Å². The number of rotatable bonds is 3. The molecule has 3 rings (SSSR count). The van der Waals surface area contributed by atoms with Gasteiger partial charge in [-0.3, -0.25) is 10.1 Å². The van der Waals surface area contributed by atoms with E-state index < -0.39 is 5.41 Å². The van der Waals surface area contributed by atoms with Gasteiger partial charge in [0.25, 0.3) is 0 Å². The lowest BCUT2D eigenvalue weighted by Gasteiger charge is -2.15. The Kier molecular flexibility index (Phi) is 2.74. The number of benzene rings is 1. The van der Waals surface area contributed by atoms with E-state index in [1.165, 1.54) is 6.07 Å². The Balaban J connectivity index is 1.86. The largest absolute Gasteiger partial charge is 0.294 e. The van der Waals surface area contributed by atoms with Crippen LogP contribution in [0, 0.1) is 5.82 Å². The van der Waals surface area contributed by atoms with Crippen molar-refractivity contribution in [2.75, 3.05) is 5.32 Å². The van der Waals surface area contributed by atoms with Crippen molar-refractivity contribution in [1.29, 1.82) is 0 Å². The molecule has 1 aliphatic rings. The minimum Gasteiger partial charge on any atom is -0.294 e. The Labute approximate surface area is 109 Å². The number of carbonyl (C=O) groups is 1. The van der Waals surface area contributed by atoms with Crippen molar-refractivity contribution in [3.63, 3.8) is 0 Å². The van der Waals surface area contributed by atoms with E-state index in [-0.39, 0.29) is 17.7 Å². The number of anilines is 1. The molecule has 19 heavy (non-hydrogen) atoms. The van der Waals surface area contributed by atoms with Crippen LogP contribution in [0.4, 0.5) is 10.3 Å². The van der Waals surface area contributed by atoms with Crippen molar-refractivity contribution in [3.05, 3.63) is 54.1 Å². The summed E-state index contributed by atoms with van der Waals surface area (Å²) in [6.07, 6.45) is 4.38. The Morgan fingerprint density at radius 3 is 2.47 bits per heavy atom. The van der Waals surface area contributed by atoms with Gasteiger partial charge >= 0.3 is 0 Å². The summed E-state index contributed by atoms with van der Waals surface area (Å²) in [5.74, 6) is -0.344. The lowest BCUT2D eigenvalue weighted by molar-refractivity contribution is -0.118. The van der Waals surface area contributed by atoms with E-state index in [2.05, 4.69) is 15.3 Å². The van der Waals surface area contributed by atoms with Gasteiger partial charge in [-0.1, -0.05) is 18.2 Å². The highest BCUT2D eigenvalue weighted by Crippen LogP contribution is 2.49. The highest BCUT2D eigenvalue weighted by atomic mass is 19.1. The van der Waals surface area contributed by atoms with Crippen molar-refractivity contribution in [2.45, 2.75) is 18.3 Å².